The summed E-state index contributed by atoms with van der Waals surface area (Å²) in [6.07, 6.45) is 5.78. The number of aliphatic carboxylic acids is 1. The van der Waals surface area contributed by atoms with Gasteiger partial charge in [-0.1, -0.05) is 35.3 Å². The van der Waals surface area contributed by atoms with Crippen molar-refractivity contribution in [1.29, 1.82) is 0 Å². The molecule has 0 unspecified atom stereocenters. The van der Waals surface area contributed by atoms with Gasteiger partial charge in [-0.25, -0.2) is 14.8 Å². The summed E-state index contributed by atoms with van der Waals surface area (Å²) in [6.45, 7) is -0.476. The fourth-order valence-electron chi connectivity index (χ4n) is 2.71. The van der Waals surface area contributed by atoms with Crippen LogP contribution in [0.5, 0.6) is 11.5 Å². The minimum absolute atomic E-state index is 0.183. The molecule has 1 heterocycles. The highest BCUT2D eigenvalue weighted by Gasteiger charge is 2.12. The first-order valence-electron chi connectivity index (χ1n) is 8.29. The Morgan fingerprint density at radius 1 is 1.00 bits per heavy atom. The molecule has 0 saturated heterocycles. The van der Waals surface area contributed by atoms with Gasteiger partial charge in [0.2, 0.25) is 0 Å². The van der Waals surface area contributed by atoms with E-state index in [1.165, 1.54) is 18.5 Å². The van der Waals surface area contributed by atoms with Crippen LogP contribution >= 0.6 is 23.2 Å². The van der Waals surface area contributed by atoms with Crippen molar-refractivity contribution < 1.29 is 19.7 Å². The number of carboxylic acid groups (broad SMARTS) is 1. The number of halogens is 2. The molecule has 0 fully saturated rings. The first-order chi connectivity index (χ1) is 13.4. The summed E-state index contributed by atoms with van der Waals surface area (Å²) in [7, 11) is 0. The van der Waals surface area contributed by atoms with Gasteiger partial charge in [-0.2, -0.15) is 0 Å². The molecule has 0 aliphatic rings. The lowest BCUT2D eigenvalue weighted by Gasteiger charge is -2.12. The van der Waals surface area contributed by atoms with E-state index < -0.39 is 12.6 Å². The summed E-state index contributed by atoms with van der Waals surface area (Å²) in [4.78, 5) is 18.6. The molecule has 0 aliphatic carbocycles. The van der Waals surface area contributed by atoms with Crippen LogP contribution in [0, 0.1) is 0 Å². The number of aromatic hydroxyl groups is 1. The van der Waals surface area contributed by atoms with Crippen LogP contribution in [-0.2, 0) is 17.6 Å². The van der Waals surface area contributed by atoms with E-state index in [0.717, 1.165) is 16.7 Å². The minimum atomic E-state index is -1.09. The van der Waals surface area contributed by atoms with Crippen LogP contribution in [0.1, 0.15) is 22.3 Å². The van der Waals surface area contributed by atoms with Crippen molar-refractivity contribution in [1.82, 2.24) is 9.97 Å². The van der Waals surface area contributed by atoms with Crippen molar-refractivity contribution in [3.63, 3.8) is 0 Å². The van der Waals surface area contributed by atoms with Gasteiger partial charge in [0.05, 0.1) is 0 Å². The molecule has 0 radical (unpaired) electrons. The van der Waals surface area contributed by atoms with Gasteiger partial charge >= 0.3 is 5.97 Å². The summed E-state index contributed by atoms with van der Waals surface area (Å²) < 4.78 is 5.12. The molecule has 0 aliphatic heterocycles. The van der Waals surface area contributed by atoms with E-state index in [0.29, 0.717) is 28.5 Å². The van der Waals surface area contributed by atoms with Crippen molar-refractivity contribution in [3.05, 3.63) is 81.4 Å². The predicted molar refractivity (Wildman–Crippen MR) is 105 cm³/mol. The molecular formula is C20H16Cl2N2O4. The van der Waals surface area contributed by atoms with E-state index in [1.54, 1.807) is 24.5 Å². The number of phenolic OH excluding ortho intramolecular Hbond substituents is 1. The van der Waals surface area contributed by atoms with Gasteiger partial charge in [0, 0.05) is 35.3 Å². The molecule has 2 N–H and O–H groups in total. The quantitative estimate of drug-likeness (QED) is 0.598. The highest BCUT2D eigenvalue weighted by molar-refractivity contribution is 6.36. The van der Waals surface area contributed by atoms with Gasteiger partial charge in [-0.05, 0) is 40.5 Å². The average molecular weight is 419 g/mol. The molecule has 0 amide bonds. The standard InChI is InChI=1S/C20H16Cl2N2O4/c21-17-6-15(28-10-20(26)27)7-18(22)16(17)5-12-1-2-19(25)14(3-12)4-13-8-23-11-24-9-13/h1-3,6-9,11,25H,4-5,10H2,(H,26,27). The highest BCUT2D eigenvalue weighted by Crippen LogP contribution is 2.33. The van der Waals surface area contributed by atoms with E-state index in [9.17, 15) is 9.90 Å². The average Bonchev–Trinajstić information content (AvgIpc) is 2.66. The van der Waals surface area contributed by atoms with E-state index in [-0.39, 0.29) is 11.5 Å². The van der Waals surface area contributed by atoms with Gasteiger partial charge in [-0.3, -0.25) is 0 Å². The van der Waals surface area contributed by atoms with E-state index in [2.05, 4.69) is 9.97 Å². The minimum Gasteiger partial charge on any atom is -0.508 e. The van der Waals surface area contributed by atoms with Gasteiger partial charge in [-0.15, -0.1) is 0 Å². The van der Waals surface area contributed by atoms with Crippen LogP contribution in [-0.4, -0.2) is 32.8 Å². The first-order valence-corrected chi connectivity index (χ1v) is 9.05. The number of aromatic nitrogens is 2. The monoisotopic (exact) mass is 418 g/mol. The van der Waals surface area contributed by atoms with Crippen LogP contribution in [0.3, 0.4) is 0 Å². The Balaban J connectivity index is 1.81. The molecule has 2 aromatic carbocycles. The van der Waals surface area contributed by atoms with Crippen molar-refractivity contribution in [2.75, 3.05) is 6.61 Å². The van der Waals surface area contributed by atoms with E-state index in [1.807, 2.05) is 6.07 Å². The molecule has 3 rings (SSSR count). The second-order valence-corrected chi connectivity index (χ2v) is 6.93. The van der Waals surface area contributed by atoms with E-state index in [4.69, 9.17) is 33.0 Å². The van der Waals surface area contributed by atoms with Crippen molar-refractivity contribution in [3.8, 4) is 11.5 Å². The Hall–Kier alpha value is -2.83. The smallest absolute Gasteiger partial charge is 0.341 e. The van der Waals surface area contributed by atoms with Crippen molar-refractivity contribution in [2.24, 2.45) is 0 Å². The van der Waals surface area contributed by atoms with Crippen LogP contribution in [0.4, 0.5) is 0 Å². The second kappa shape index (κ2) is 8.91. The largest absolute Gasteiger partial charge is 0.508 e. The number of hydrogen-bond donors (Lipinski definition) is 2. The summed E-state index contributed by atoms with van der Waals surface area (Å²) in [5.74, 6) is -0.615. The molecular weight excluding hydrogens is 403 g/mol. The molecule has 0 spiro atoms. The maximum absolute atomic E-state index is 10.6. The van der Waals surface area contributed by atoms with Gasteiger partial charge in [0.25, 0.3) is 0 Å². The van der Waals surface area contributed by atoms with Crippen LogP contribution in [0.25, 0.3) is 0 Å². The van der Waals surface area contributed by atoms with Gasteiger partial charge in [0.15, 0.2) is 6.61 Å². The molecule has 8 heteroatoms. The number of rotatable bonds is 7. The zero-order valence-corrected chi connectivity index (χ0v) is 16.1. The molecule has 0 saturated carbocycles. The number of carbonyl (C=O) groups is 1. The number of carboxylic acids is 1. The number of nitrogens with zero attached hydrogens (tertiary/aromatic N) is 2. The topological polar surface area (TPSA) is 92.5 Å². The molecule has 28 heavy (non-hydrogen) atoms. The molecule has 144 valence electrons. The normalized spacial score (nSPS) is 10.6. The first kappa shape index (κ1) is 19.9. The maximum Gasteiger partial charge on any atom is 0.341 e. The van der Waals surface area contributed by atoms with Crippen LogP contribution in [0.2, 0.25) is 10.0 Å². The Kier molecular flexibility index (Phi) is 6.34. The van der Waals surface area contributed by atoms with Gasteiger partial charge < -0.3 is 14.9 Å². The van der Waals surface area contributed by atoms with E-state index >= 15 is 0 Å². The molecule has 0 atom stereocenters. The van der Waals surface area contributed by atoms with Crippen LogP contribution < -0.4 is 4.74 Å². The Morgan fingerprint density at radius 3 is 2.32 bits per heavy atom. The Morgan fingerprint density at radius 2 is 1.68 bits per heavy atom. The van der Waals surface area contributed by atoms with Gasteiger partial charge in [0.1, 0.15) is 17.8 Å². The van der Waals surface area contributed by atoms with Crippen LogP contribution in [0.15, 0.2) is 49.1 Å². The maximum atomic E-state index is 10.6. The van der Waals surface area contributed by atoms with Crippen molar-refractivity contribution in [2.45, 2.75) is 12.8 Å². The third-order valence-electron chi connectivity index (χ3n) is 4.01. The lowest BCUT2D eigenvalue weighted by Crippen LogP contribution is -2.09. The Bertz CT molecular complexity index is 974. The zero-order valence-electron chi connectivity index (χ0n) is 14.6. The lowest BCUT2D eigenvalue weighted by molar-refractivity contribution is -0.139. The predicted octanol–water partition coefficient (Wildman–Crippen LogP) is 4.13. The summed E-state index contributed by atoms with van der Waals surface area (Å²) in [5, 5.41) is 19.6. The second-order valence-electron chi connectivity index (χ2n) is 6.11. The fourth-order valence-corrected chi connectivity index (χ4v) is 3.31. The molecule has 0 bridgehead atoms. The fraction of sp³-hybridized carbons (Fsp3) is 0.150. The Labute approximate surface area is 171 Å². The molecule has 6 nitrogen and oxygen atoms in total. The summed E-state index contributed by atoms with van der Waals surface area (Å²) in [5.41, 5.74) is 3.21. The number of ether oxygens (including phenoxy) is 1. The molecule has 3 aromatic rings. The SMILES string of the molecule is O=C(O)COc1cc(Cl)c(Cc2ccc(O)c(Cc3cncnc3)c2)c(Cl)c1. The van der Waals surface area contributed by atoms with Crippen molar-refractivity contribution >= 4 is 29.2 Å². The number of hydrogen-bond acceptors (Lipinski definition) is 5. The number of benzene rings is 2. The highest BCUT2D eigenvalue weighted by atomic mass is 35.5. The number of phenols is 1. The molecule has 1 aromatic heterocycles. The summed E-state index contributed by atoms with van der Waals surface area (Å²) >= 11 is 12.6. The zero-order chi connectivity index (χ0) is 20.1. The third-order valence-corrected chi connectivity index (χ3v) is 4.68. The lowest BCUT2D eigenvalue weighted by atomic mass is 9.99. The summed E-state index contributed by atoms with van der Waals surface area (Å²) in [6, 6.07) is 8.37. The third kappa shape index (κ3) is 5.12.